The van der Waals surface area contributed by atoms with Crippen LogP contribution >= 0.6 is 0 Å². The number of halogens is 1. The van der Waals surface area contributed by atoms with E-state index in [9.17, 15) is 22.4 Å². The number of rotatable bonds is 8. The van der Waals surface area contributed by atoms with Gasteiger partial charge in [0.15, 0.2) is 0 Å². The van der Waals surface area contributed by atoms with Crippen LogP contribution in [-0.2, 0) is 19.6 Å². The Kier molecular flexibility index (Phi) is 7.44. The van der Waals surface area contributed by atoms with Crippen molar-refractivity contribution in [3.8, 4) is 0 Å². The van der Waals surface area contributed by atoms with Gasteiger partial charge in [-0.05, 0) is 67.9 Å². The second-order valence-electron chi connectivity index (χ2n) is 7.05. The van der Waals surface area contributed by atoms with Gasteiger partial charge in [-0.15, -0.1) is 0 Å². The van der Waals surface area contributed by atoms with Crippen LogP contribution in [0.15, 0.2) is 77.7 Å². The zero-order valence-electron chi connectivity index (χ0n) is 18.1. The number of sulfonamides is 1. The lowest BCUT2D eigenvalue weighted by Gasteiger charge is -2.24. The quantitative estimate of drug-likeness (QED) is 0.500. The molecular weight excluding hydrogens is 447 g/mol. The highest BCUT2D eigenvalue weighted by atomic mass is 32.2. The van der Waals surface area contributed by atoms with E-state index >= 15 is 0 Å². The number of nitrogens with one attached hydrogen (secondary N) is 1. The van der Waals surface area contributed by atoms with Gasteiger partial charge in [0, 0.05) is 5.69 Å². The summed E-state index contributed by atoms with van der Waals surface area (Å²) in [5.74, 6) is -1.71. The number of carbonyl (C=O) groups excluding carboxylic acids is 2. The average Bonchev–Trinajstić information content (AvgIpc) is 2.80. The van der Waals surface area contributed by atoms with E-state index in [1.807, 2.05) is 0 Å². The number of anilines is 2. The van der Waals surface area contributed by atoms with Gasteiger partial charge in [0.2, 0.25) is 5.91 Å². The van der Waals surface area contributed by atoms with Crippen LogP contribution in [0.4, 0.5) is 15.8 Å². The number of hydrogen-bond acceptors (Lipinski definition) is 5. The van der Waals surface area contributed by atoms with Gasteiger partial charge in [-0.3, -0.25) is 9.10 Å². The molecule has 0 bridgehead atoms. The maximum absolute atomic E-state index is 13.3. The van der Waals surface area contributed by atoms with Gasteiger partial charge in [-0.2, -0.15) is 0 Å². The van der Waals surface area contributed by atoms with Crippen molar-refractivity contribution in [3.05, 3.63) is 89.7 Å². The van der Waals surface area contributed by atoms with Crippen LogP contribution in [0.2, 0.25) is 0 Å². The number of hydrogen-bond donors (Lipinski definition) is 1. The van der Waals surface area contributed by atoms with Crippen molar-refractivity contribution in [2.75, 3.05) is 22.8 Å². The minimum Gasteiger partial charge on any atom is -0.462 e. The molecule has 33 heavy (non-hydrogen) atoms. The first-order valence-corrected chi connectivity index (χ1v) is 11.6. The van der Waals surface area contributed by atoms with Crippen LogP contribution < -0.4 is 9.62 Å². The molecule has 1 amide bonds. The molecule has 3 rings (SSSR count). The molecule has 3 aromatic rings. The Labute approximate surface area is 191 Å². The second-order valence-corrected chi connectivity index (χ2v) is 8.91. The van der Waals surface area contributed by atoms with E-state index in [4.69, 9.17) is 4.74 Å². The number of amides is 1. The van der Waals surface area contributed by atoms with Crippen molar-refractivity contribution < 1.29 is 27.1 Å². The van der Waals surface area contributed by atoms with E-state index in [-0.39, 0.29) is 17.2 Å². The second kappa shape index (κ2) is 10.3. The number of ether oxygens (including phenoxy) is 1. The molecule has 0 heterocycles. The maximum atomic E-state index is 13.3. The van der Waals surface area contributed by atoms with Crippen LogP contribution in [0.25, 0.3) is 0 Å². The Bertz CT molecular complexity index is 1250. The van der Waals surface area contributed by atoms with Crippen molar-refractivity contribution >= 4 is 33.3 Å². The number of benzene rings is 3. The van der Waals surface area contributed by atoms with E-state index < -0.39 is 34.3 Å². The zero-order valence-corrected chi connectivity index (χ0v) is 18.9. The van der Waals surface area contributed by atoms with Crippen LogP contribution in [0.5, 0.6) is 0 Å². The highest BCUT2D eigenvalue weighted by molar-refractivity contribution is 7.92. The summed E-state index contributed by atoms with van der Waals surface area (Å²) >= 11 is 0. The summed E-state index contributed by atoms with van der Waals surface area (Å²) in [4.78, 5) is 24.9. The summed E-state index contributed by atoms with van der Waals surface area (Å²) < 4.78 is 45.8. The topological polar surface area (TPSA) is 92.8 Å². The van der Waals surface area contributed by atoms with E-state index in [0.717, 1.165) is 28.6 Å². The summed E-state index contributed by atoms with van der Waals surface area (Å²) in [6.07, 6.45) is 0. The molecule has 0 aliphatic carbocycles. The Morgan fingerprint density at radius 2 is 1.64 bits per heavy atom. The minimum absolute atomic E-state index is 0.152. The number of carbonyl (C=O) groups is 2. The molecule has 1 N–H and O–H groups in total. The Morgan fingerprint density at radius 1 is 0.970 bits per heavy atom. The van der Waals surface area contributed by atoms with Crippen LogP contribution in [0.1, 0.15) is 22.8 Å². The number of nitrogens with zero attached hydrogens (tertiary/aromatic N) is 1. The fraction of sp³-hybridized carbons (Fsp3) is 0.167. The standard InChI is InChI=1S/C24H23FN2O5S/c1-3-32-24(29)21-10-7-11-22(17(21)2)26-23(28)16-27(19-8-5-4-6-9-19)33(30,31)20-14-12-18(25)13-15-20/h4-15H,3,16H2,1-2H3,(H,26,28). The molecular formula is C24H23FN2O5S. The monoisotopic (exact) mass is 470 g/mol. The number of para-hydroxylation sites is 1. The van der Waals surface area contributed by atoms with Crippen molar-refractivity contribution in [2.45, 2.75) is 18.7 Å². The van der Waals surface area contributed by atoms with Crippen LogP contribution in [-0.4, -0.2) is 33.4 Å². The molecule has 0 fully saturated rings. The number of esters is 1. The first-order valence-electron chi connectivity index (χ1n) is 10.1. The molecule has 0 saturated carbocycles. The van der Waals surface area contributed by atoms with Crippen molar-refractivity contribution in [1.82, 2.24) is 0 Å². The fourth-order valence-electron chi connectivity index (χ4n) is 3.16. The molecule has 0 aromatic heterocycles. The van der Waals surface area contributed by atoms with Gasteiger partial charge < -0.3 is 10.1 Å². The molecule has 0 unspecified atom stereocenters. The summed E-state index contributed by atoms with van der Waals surface area (Å²) in [5.41, 5.74) is 1.43. The van der Waals surface area contributed by atoms with Crippen LogP contribution in [0, 0.1) is 12.7 Å². The molecule has 172 valence electrons. The molecule has 0 spiro atoms. The van der Waals surface area contributed by atoms with Gasteiger partial charge in [-0.25, -0.2) is 17.6 Å². The van der Waals surface area contributed by atoms with Crippen LogP contribution in [0.3, 0.4) is 0 Å². The lowest BCUT2D eigenvalue weighted by Crippen LogP contribution is -2.38. The highest BCUT2D eigenvalue weighted by Crippen LogP contribution is 2.25. The van der Waals surface area contributed by atoms with E-state index in [2.05, 4.69) is 5.32 Å². The summed E-state index contributed by atoms with van der Waals surface area (Å²) in [5, 5.41) is 2.67. The van der Waals surface area contributed by atoms with E-state index in [1.54, 1.807) is 62.4 Å². The molecule has 7 nitrogen and oxygen atoms in total. The molecule has 9 heteroatoms. The zero-order chi connectivity index (χ0) is 24.0. The molecule has 0 saturated heterocycles. The lowest BCUT2D eigenvalue weighted by atomic mass is 10.1. The van der Waals surface area contributed by atoms with Gasteiger partial charge in [0.25, 0.3) is 10.0 Å². The third-order valence-electron chi connectivity index (χ3n) is 4.84. The van der Waals surface area contributed by atoms with E-state index in [1.165, 1.54) is 0 Å². The Hall–Kier alpha value is -3.72. The summed E-state index contributed by atoms with van der Waals surface area (Å²) in [7, 11) is -4.17. The smallest absolute Gasteiger partial charge is 0.338 e. The van der Waals surface area contributed by atoms with Crippen molar-refractivity contribution in [2.24, 2.45) is 0 Å². The third kappa shape index (κ3) is 5.56. The largest absolute Gasteiger partial charge is 0.462 e. The van der Waals surface area contributed by atoms with Gasteiger partial charge >= 0.3 is 5.97 Å². The summed E-state index contributed by atoms with van der Waals surface area (Å²) in [6, 6.07) is 17.3. The van der Waals surface area contributed by atoms with Gasteiger partial charge in [0.05, 0.1) is 22.8 Å². The average molecular weight is 471 g/mol. The molecule has 0 atom stereocenters. The fourth-order valence-corrected chi connectivity index (χ4v) is 4.59. The maximum Gasteiger partial charge on any atom is 0.338 e. The van der Waals surface area contributed by atoms with Crippen molar-refractivity contribution in [3.63, 3.8) is 0 Å². The Balaban J connectivity index is 1.90. The van der Waals surface area contributed by atoms with Crippen molar-refractivity contribution in [1.29, 1.82) is 0 Å². The van der Waals surface area contributed by atoms with Gasteiger partial charge in [-0.1, -0.05) is 24.3 Å². The third-order valence-corrected chi connectivity index (χ3v) is 6.62. The molecule has 0 radical (unpaired) electrons. The highest BCUT2D eigenvalue weighted by Gasteiger charge is 2.27. The Morgan fingerprint density at radius 3 is 2.27 bits per heavy atom. The minimum atomic E-state index is -4.17. The molecule has 0 aliphatic rings. The summed E-state index contributed by atoms with van der Waals surface area (Å²) in [6.45, 7) is 3.03. The predicted octanol–water partition coefficient (Wildman–Crippen LogP) is 4.14. The van der Waals surface area contributed by atoms with E-state index in [0.29, 0.717) is 16.8 Å². The predicted molar refractivity (Wildman–Crippen MR) is 123 cm³/mol. The normalized spacial score (nSPS) is 11.0. The SMILES string of the molecule is CCOC(=O)c1cccc(NC(=O)CN(c2ccccc2)S(=O)(=O)c2ccc(F)cc2)c1C. The first-order chi connectivity index (χ1) is 15.7. The molecule has 0 aliphatic heterocycles. The molecule has 3 aromatic carbocycles. The first kappa shape index (κ1) is 23.9. The lowest BCUT2D eigenvalue weighted by molar-refractivity contribution is -0.114. The van der Waals surface area contributed by atoms with Gasteiger partial charge in [0.1, 0.15) is 12.4 Å².